The molecule has 0 radical (unpaired) electrons. The van der Waals surface area contributed by atoms with Gasteiger partial charge in [-0.25, -0.2) is 0 Å². The standard InChI is InChI=1S/C18H27NO2/c1-18(2)10-8-13(9-11-18)19(3)15-12-21-16-7-5-4-6-14(16)17(15)20/h4-7,13,15,17,20H,8-12H2,1-3H3. The second-order valence-corrected chi connectivity index (χ2v) is 7.42. The fourth-order valence-electron chi connectivity index (χ4n) is 3.73. The van der Waals surface area contributed by atoms with Gasteiger partial charge in [0, 0.05) is 11.6 Å². The van der Waals surface area contributed by atoms with E-state index in [1.54, 1.807) is 0 Å². The molecule has 2 unspecified atom stereocenters. The van der Waals surface area contributed by atoms with Crippen molar-refractivity contribution in [3.05, 3.63) is 29.8 Å². The van der Waals surface area contributed by atoms with Gasteiger partial charge in [0.1, 0.15) is 18.5 Å². The van der Waals surface area contributed by atoms with Crippen LogP contribution in [0.15, 0.2) is 24.3 Å². The van der Waals surface area contributed by atoms with Crippen molar-refractivity contribution in [1.29, 1.82) is 0 Å². The van der Waals surface area contributed by atoms with Gasteiger partial charge in [0.25, 0.3) is 0 Å². The van der Waals surface area contributed by atoms with Crippen LogP contribution in [0.1, 0.15) is 51.2 Å². The summed E-state index contributed by atoms with van der Waals surface area (Å²) in [7, 11) is 2.15. The first-order chi connectivity index (χ1) is 9.98. The lowest BCUT2D eigenvalue weighted by molar-refractivity contribution is -0.0170. The maximum atomic E-state index is 10.7. The first-order valence-electron chi connectivity index (χ1n) is 8.10. The number of likely N-dealkylation sites (N-methyl/N-ethyl adjacent to an activating group) is 1. The van der Waals surface area contributed by atoms with Crippen molar-refractivity contribution in [2.24, 2.45) is 5.41 Å². The third-order valence-electron chi connectivity index (χ3n) is 5.42. The van der Waals surface area contributed by atoms with Gasteiger partial charge in [-0.2, -0.15) is 0 Å². The highest BCUT2D eigenvalue weighted by Gasteiger charge is 2.37. The first kappa shape index (κ1) is 14.9. The van der Waals surface area contributed by atoms with Gasteiger partial charge in [0.2, 0.25) is 0 Å². The summed E-state index contributed by atoms with van der Waals surface area (Å²) in [4.78, 5) is 2.36. The van der Waals surface area contributed by atoms with Crippen LogP contribution in [0.3, 0.4) is 0 Å². The average Bonchev–Trinajstić information content (AvgIpc) is 2.47. The number of hydrogen-bond acceptors (Lipinski definition) is 3. The second kappa shape index (κ2) is 5.62. The van der Waals surface area contributed by atoms with Gasteiger partial charge in [0.15, 0.2) is 0 Å². The predicted molar refractivity (Wildman–Crippen MR) is 84.5 cm³/mol. The molecule has 1 aromatic carbocycles. The number of benzene rings is 1. The number of hydrogen-bond donors (Lipinski definition) is 1. The van der Waals surface area contributed by atoms with Crippen LogP contribution in [0.5, 0.6) is 5.75 Å². The Balaban J connectivity index is 1.70. The Labute approximate surface area is 127 Å². The molecule has 1 fully saturated rings. The van der Waals surface area contributed by atoms with Crippen molar-refractivity contribution in [3.63, 3.8) is 0 Å². The molecule has 3 nitrogen and oxygen atoms in total. The van der Waals surface area contributed by atoms with E-state index in [9.17, 15) is 5.11 Å². The molecular weight excluding hydrogens is 262 g/mol. The lowest BCUT2D eigenvalue weighted by Gasteiger charge is -2.44. The van der Waals surface area contributed by atoms with E-state index >= 15 is 0 Å². The minimum Gasteiger partial charge on any atom is -0.491 e. The molecule has 2 aliphatic rings. The number of rotatable bonds is 2. The minimum atomic E-state index is -0.449. The molecule has 1 aliphatic carbocycles. The van der Waals surface area contributed by atoms with Gasteiger partial charge >= 0.3 is 0 Å². The van der Waals surface area contributed by atoms with E-state index in [4.69, 9.17) is 4.74 Å². The largest absolute Gasteiger partial charge is 0.491 e. The van der Waals surface area contributed by atoms with Crippen molar-refractivity contribution < 1.29 is 9.84 Å². The molecule has 1 aliphatic heterocycles. The number of para-hydroxylation sites is 1. The summed E-state index contributed by atoms with van der Waals surface area (Å²) in [6.45, 7) is 5.30. The molecule has 1 heterocycles. The molecule has 3 heteroatoms. The van der Waals surface area contributed by atoms with Crippen LogP contribution in [0.25, 0.3) is 0 Å². The fourth-order valence-corrected chi connectivity index (χ4v) is 3.73. The molecule has 0 bridgehead atoms. The topological polar surface area (TPSA) is 32.7 Å². The van der Waals surface area contributed by atoms with Crippen molar-refractivity contribution >= 4 is 0 Å². The normalized spacial score (nSPS) is 29.0. The summed E-state index contributed by atoms with van der Waals surface area (Å²) >= 11 is 0. The van der Waals surface area contributed by atoms with E-state index in [2.05, 4.69) is 25.8 Å². The van der Waals surface area contributed by atoms with Crippen LogP contribution in [0.2, 0.25) is 0 Å². The highest BCUT2D eigenvalue weighted by atomic mass is 16.5. The Morgan fingerprint density at radius 2 is 1.86 bits per heavy atom. The van der Waals surface area contributed by atoms with E-state index in [0.29, 0.717) is 18.1 Å². The fraction of sp³-hybridized carbons (Fsp3) is 0.667. The van der Waals surface area contributed by atoms with Crippen molar-refractivity contribution in [2.75, 3.05) is 13.7 Å². The Kier molecular flexibility index (Phi) is 3.98. The Hall–Kier alpha value is -1.06. The summed E-state index contributed by atoms with van der Waals surface area (Å²) in [5.74, 6) is 0.833. The van der Waals surface area contributed by atoms with E-state index < -0.39 is 6.10 Å². The van der Waals surface area contributed by atoms with Gasteiger partial charge in [-0.3, -0.25) is 4.90 Å². The smallest absolute Gasteiger partial charge is 0.125 e. The van der Waals surface area contributed by atoms with Crippen molar-refractivity contribution in [3.8, 4) is 5.75 Å². The average molecular weight is 289 g/mol. The SMILES string of the molecule is CN(C1CCC(C)(C)CC1)C1COc2ccccc2C1O. The first-order valence-corrected chi connectivity index (χ1v) is 8.10. The summed E-state index contributed by atoms with van der Waals surface area (Å²) in [6, 6.07) is 8.47. The third kappa shape index (κ3) is 2.95. The van der Waals surface area contributed by atoms with Gasteiger partial charge < -0.3 is 9.84 Å². The van der Waals surface area contributed by atoms with Gasteiger partial charge in [-0.15, -0.1) is 0 Å². The van der Waals surface area contributed by atoms with Gasteiger partial charge in [0.05, 0.1) is 6.04 Å². The van der Waals surface area contributed by atoms with E-state index in [1.165, 1.54) is 25.7 Å². The monoisotopic (exact) mass is 289 g/mol. The molecule has 0 saturated heterocycles. The number of nitrogens with zero attached hydrogens (tertiary/aromatic N) is 1. The number of aliphatic hydroxyl groups is 1. The number of fused-ring (bicyclic) bond motifs is 1. The zero-order valence-electron chi connectivity index (χ0n) is 13.4. The summed E-state index contributed by atoms with van der Waals surface area (Å²) in [5.41, 5.74) is 1.41. The Morgan fingerprint density at radius 1 is 1.19 bits per heavy atom. The molecule has 3 rings (SSSR count). The summed E-state index contributed by atoms with van der Waals surface area (Å²) in [6.07, 6.45) is 4.52. The molecule has 1 aromatic rings. The highest BCUT2D eigenvalue weighted by Crippen LogP contribution is 2.39. The van der Waals surface area contributed by atoms with E-state index in [0.717, 1.165) is 11.3 Å². The highest BCUT2D eigenvalue weighted by molar-refractivity contribution is 5.37. The minimum absolute atomic E-state index is 0.0612. The summed E-state index contributed by atoms with van der Waals surface area (Å²) < 4.78 is 5.86. The lowest BCUT2D eigenvalue weighted by Crippen LogP contribution is -2.50. The van der Waals surface area contributed by atoms with Gasteiger partial charge in [-0.1, -0.05) is 32.0 Å². The molecular formula is C18H27NO2. The van der Waals surface area contributed by atoms with Gasteiger partial charge in [-0.05, 0) is 44.2 Å². The molecule has 0 spiro atoms. The van der Waals surface area contributed by atoms with Crippen LogP contribution in [-0.4, -0.2) is 35.7 Å². The molecule has 116 valence electrons. The van der Waals surface area contributed by atoms with Crippen LogP contribution in [-0.2, 0) is 0 Å². The van der Waals surface area contributed by atoms with Crippen molar-refractivity contribution in [1.82, 2.24) is 4.90 Å². The van der Waals surface area contributed by atoms with Crippen LogP contribution in [0.4, 0.5) is 0 Å². The Bertz CT molecular complexity index is 490. The number of aliphatic hydroxyl groups excluding tert-OH is 1. The lowest BCUT2D eigenvalue weighted by atomic mass is 9.75. The van der Waals surface area contributed by atoms with Crippen LogP contribution in [0, 0.1) is 5.41 Å². The maximum Gasteiger partial charge on any atom is 0.125 e. The zero-order chi connectivity index (χ0) is 15.0. The zero-order valence-corrected chi connectivity index (χ0v) is 13.4. The third-order valence-corrected chi connectivity index (χ3v) is 5.42. The molecule has 0 amide bonds. The number of ether oxygens (including phenoxy) is 1. The van der Waals surface area contributed by atoms with E-state index in [1.807, 2.05) is 24.3 Å². The molecule has 1 N–H and O–H groups in total. The summed E-state index contributed by atoms with van der Waals surface area (Å²) in [5, 5.41) is 10.7. The second-order valence-electron chi connectivity index (χ2n) is 7.42. The molecule has 2 atom stereocenters. The van der Waals surface area contributed by atoms with Crippen LogP contribution >= 0.6 is 0 Å². The maximum absolute atomic E-state index is 10.7. The predicted octanol–water partition coefficient (Wildman–Crippen LogP) is 3.38. The van der Waals surface area contributed by atoms with E-state index in [-0.39, 0.29) is 6.04 Å². The van der Waals surface area contributed by atoms with Crippen molar-refractivity contribution in [2.45, 2.75) is 57.7 Å². The van der Waals surface area contributed by atoms with Crippen LogP contribution < -0.4 is 4.74 Å². The molecule has 0 aromatic heterocycles. The molecule has 21 heavy (non-hydrogen) atoms. The quantitative estimate of drug-likeness (QED) is 0.906. The Morgan fingerprint density at radius 3 is 2.57 bits per heavy atom. The molecule has 1 saturated carbocycles.